The Bertz CT molecular complexity index is 928. The predicted molar refractivity (Wildman–Crippen MR) is 126 cm³/mol. The molecule has 1 N–H and O–H groups in total. The number of benzene rings is 2. The van der Waals surface area contributed by atoms with Crippen LogP contribution in [0.2, 0.25) is 0 Å². The fraction of sp³-hybridized carbons (Fsp3) is 0.417. The highest BCUT2D eigenvalue weighted by molar-refractivity contribution is 8.00. The summed E-state index contributed by atoms with van der Waals surface area (Å²) < 4.78 is 16.2. The average molecular weight is 459 g/mol. The zero-order chi connectivity index (χ0) is 23.3. The van der Waals surface area contributed by atoms with E-state index >= 15 is 0 Å². The molecule has 1 aliphatic heterocycles. The maximum absolute atomic E-state index is 13.6. The minimum Gasteiger partial charge on any atom is -0.493 e. The molecule has 1 heterocycles. The van der Waals surface area contributed by atoms with E-state index in [1.54, 1.807) is 28.8 Å². The second-order valence-electron chi connectivity index (χ2n) is 7.48. The van der Waals surface area contributed by atoms with Gasteiger partial charge < -0.3 is 24.4 Å². The Hall–Kier alpha value is -2.87. The van der Waals surface area contributed by atoms with Crippen molar-refractivity contribution in [1.29, 1.82) is 0 Å². The summed E-state index contributed by atoms with van der Waals surface area (Å²) in [4.78, 5) is 28.5. The van der Waals surface area contributed by atoms with Crippen molar-refractivity contribution in [3.8, 4) is 17.2 Å². The van der Waals surface area contributed by atoms with Gasteiger partial charge in [-0.1, -0.05) is 37.3 Å². The topological polar surface area (TPSA) is 77.1 Å². The number of carbonyl (C=O) groups is 2. The second kappa shape index (κ2) is 10.6. The number of nitrogens with one attached hydrogen (secondary N) is 1. The third-order valence-corrected chi connectivity index (χ3v) is 7.00. The summed E-state index contributed by atoms with van der Waals surface area (Å²) >= 11 is 1.62. The Morgan fingerprint density at radius 1 is 1.09 bits per heavy atom. The molecule has 2 aromatic carbocycles. The van der Waals surface area contributed by atoms with Gasteiger partial charge in [0.05, 0.1) is 32.7 Å². The van der Waals surface area contributed by atoms with Gasteiger partial charge in [0.1, 0.15) is 6.04 Å². The summed E-state index contributed by atoms with van der Waals surface area (Å²) in [6.45, 7) is 3.96. The molecule has 0 aromatic heterocycles. The normalized spacial score (nSPS) is 18.7. The maximum Gasteiger partial charge on any atom is 0.255 e. The molecule has 2 amide bonds. The molecule has 32 heavy (non-hydrogen) atoms. The Kier molecular flexibility index (Phi) is 7.90. The van der Waals surface area contributed by atoms with Gasteiger partial charge in [-0.15, -0.1) is 11.8 Å². The van der Waals surface area contributed by atoms with Crippen molar-refractivity contribution < 1.29 is 23.8 Å². The van der Waals surface area contributed by atoms with Crippen LogP contribution in [-0.4, -0.2) is 55.2 Å². The lowest BCUT2D eigenvalue weighted by atomic mass is 10.1. The first kappa shape index (κ1) is 23.8. The number of thioether (sulfide) groups is 1. The largest absolute Gasteiger partial charge is 0.493 e. The third kappa shape index (κ3) is 4.80. The van der Waals surface area contributed by atoms with Crippen molar-refractivity contribution >= 4 is 23.6 Å². The highest BCUT2D eigenvalue weighted by atomic mass is 32.2. The number of amides is 2. The van der Waals surface area contributed by atoms with E-state index in [1.807, 2.05) is 44.2 Å². The first-order valence-electron chi connectivity index (χ1n) is 10.5. The molecule has 3 atom stereocenters. The molecule has 1 aliphatic rings. The van der Waals surface area contributed by atoms with Gasteiger partial charge in [-0.2, -0.15) is 0 Å². The standard InChI is InChI=1S/C24H30N2O5S/c1-6-21-26(24(28)17-12-19(29-3)22(31-5)20(13-17)30-4)18(14-32-21)23(27)25-15(2)16-10-8-7-9-11-16/h7-13,15,18,21H,6,14H2,1-5H3,(H,25,27). The van der Waals surface area contributed by atoms with Crippen molar-refractivity contribution in [2.75, 3.05) is 27.1 Å². The summed E-state index contributed by atoms with van der Waals surface area (Å²) in [6, 6.07) is 12.3. The Morgan fingerprint density at radius 3 is 2.25 bits per heavy atom. The summed E-state index contributed by atoms with van der Waals surface area (Å²) in [6.07, 6.45) is 0.735. The molecular weight excluding hydrogens is 428 g/mol. The number of nitrogens with zero attached hydrogens (tertiary/aromatic N) is 1. The lowest BCUT2D eigenvalue weighted by Crippen LogP contribution is -2.50. The quantitative estimate of drug-likeness (QED) is 0.647. The van der Waals surface area contributed by atoms with Gasteiger partial charge >= 0.3 is 0 Å². The van der Waals surface area contributed by atoms with E-state index in [4.69, 9.17) is 14.2 Å². The van der Waals surface area contributed by atoms with Crippen LogP contribution in [0.5, 0.6) is 17.2 Å². The summed E-state index contributed by atoms with van der Waals surface area (Å²) in [5.41, 5.74) is 1.40. The average Bonchev–Trinajstić information content (AvgIpc) is 3.27. The van der Waals surface area contributed by atoms with Crippen LogP contribution in [0.4, 0.5) is 0 Å². The number of hydrogen-bond donors (Lipinski definition) is 1. The maximum atomic E-state index is 13.6. The Labute approximate surface area is 193 Å². The van der Waals surface area contributed by atoms with Gasteiger partial charge in [-0.3, -0.25) is 9.59 Å². The van der Waals surface area contributed by atoms with Crippen molar-refractivity contribution in [1.82, 2.24) is 10.2 Å². The number of carbonyl (C=O) groups excluding carboxylic acids is 2. The molecule has 3 unspecified atom stereocenters. The highest BCUT2D eigenvalue weighted by Gasteiger charge is 2.41. The first-order chi connectivity index (χ1) is 15.4. The SMILES string of the molecule is CCC1SCC(C(=O)NC(C)c2ccccc2)N1C(=O)c1cc(OC)c(OC)c(OC)c1. The van der Waals surface area contributed by atoms with E-state index in [9.17, 15) is 9.59 Å². The molecule has 1 fully saturated rings. The van der Waals surface area contributed by atoms with Crippen LogP contribution in [0.3, 0.4) is 0 Å². The molecule has 1 saturated heterocycles. The molecular formula is C24H30N2O5S. The summed E-state index contributed by atoms with van der Waals surface area (Å²) in [5, 5.41) is 2.97. The van der Waals surface area contributed by atoms with E-state index in [-0.39, 0.29) is 23.2 Å². The first-order valence-corrected chi connectivity index (χ1v) is 11.6. The van der Waals surface area contributed by atoms with E-state index in [0.29, 0.717) is 28.6 Å². The number of ether oxygens (including phenoxy) is 3. The molecule has 0 aliphatic carbocycles. The van der Waals surface area contributed by atoms with Crippen LogP contribution >= 0.6 is 11.8 Å². The minimum absolute atomic E-state index is 0.0932. The number of hydrogen-bond acceptors (Lipinski definition) is 6. The lowest BCUT2D eigenvalue weighted by Gasteiger charge is -2.29. The smallest absolute Gasteiger partial charge is 0.255 e. The third-order valence-electron chi connectivity index (χ3n) is 5.55. The Balaban J connectivity index is 1.88. The molecule has 3 rings (SSSR count). The molecule has 2 aromatic rings. The zero-order valence-electron chi connectivity index (χ0n) is 19.1. The number of methoxy groups -OCH3 is 3. The fourth-order valence-electron chi connectivity index (χ4n) is 3.84. The van der Waals surface area contributed by atoms with E-state index < -0.39 is 6.04 Å². The van der Waals surface area contributed by atoms with Gasteiger partial charge in [-0.25, -0.2) is 0 Å². The molecule has 8 heteroatoms. The predicted octanol–water partition coefficient (Wildman–Crippen LogP) is 3.88. The van der Waals surface area contributed by atoms with Gasteiger partial charge in [0.25, 0.3) is 5.91 Å². The van der Waals surface area contributed by atoms with E-state index in [1.165, 1.54) is 21.3 Å². The van der Waals surface area contributed by atoms with Crippen molar-refractivity contribution in [2.24, 2.45) is 0 Å². The van der Waals surface area contributed by atoms with Gasteiger partial charge in [0, 0.05) is 11.3 Å². The van der Waals surface area contributed by atoms with Crippen LogP contribution in [0.15, 0.2) is 42.5 Å². The van der Waals surface area contributed by atoms with Gasteiger partial charge in [0.15, 0.2) is 11.5 Å². The van der Waals surface area contributed by atoms with Gasteiger partial charge in [0.2, 0.25) is 11.7 Å². The Morgan fingerprint density at radius 2 is 1.72 bits per heavy atom. The fourth-order valence-corrected chi connectivity index (χ4v) is 5.20. The monoisotopic (exact) mass is 458 g/mol. The van der Waals surface area contributed by atoms with Gasteiger partial charge in [-0.05, 0) is 31.0 Å². The van der Waals surface area contributed by atoms with E-state index in [0.717, 1.165) is 12.0 Å². The lowest BCUT2D eigenvalue weighted by molar-refractivity contribution is -0.125. The zero-order valence-corrected chi connectivity index (χ0v) is 19.9. The molecule has 172 valence electrons. The van der Waals surface area contributed by atoms with Crippen LogP contribution < -0.4 is 19.5 Å². The highest BCUT2D eigenvalue weighted by Crippen LogP contribution is 2.40. The van der Waals surface area contributed by atoms with Crippen LogP contribution in [0, 0.1) is 0 Å². The van der Waals surface area contributed by atoms with E-state index in [2.05, 4.69) is 5.32 Å². The number of rotatable bonds is 8. The second-order valence-corrected chi connectivity index (χ2v) is 8.69. The minimum atomic E-state index is -0.567. The molecule has 0 saturated carbocycles. The van der Waals surface area contributed by atoms with Crippen LogP contribution in [-0.2, 0) is 4.79 Å². The van der Waals surface area contributed by atoms with Crippen molar-refractivity contribution in [3.05, 3.63) is 53.6 Å². The summed E-state index contributed by atoms with van der Waals surface area (Å²) in [5.74, 6) is 1.35. The van der Waals surface area contributed by atoms with Crippen LogP contribution in [0.1, 0.15) is 42.2 Å². The van der Waals surface area contributed by atoms with Crippen LogP contribution in [0.25, 0.3) is 0 Å². The summed E-state index contributed by atoms with van der Waals surface area (Å²) in [7, 11) is 4.53. The molecule has 0 spiro atoms. The van der Waals surface area contributed by atoms with Crippen molar-refractivity contribution in [3.63, 3.8) is 0 Å². The molecule has 0 bridgehead atoms. The van der Waals surface area contributed by atoms with Crippen molar-refractivity contribution in [2.45, 2.75) is 37.7 Å². The molecule has 7 nitrogen and oxygen atoms in total. The molecule has 0 radical (unpaired) electrons.